The molecule has 2 rings (SSSR count). The number of nitrogens with one attached hydrogen (secondary N) is 1. The number of carbonyl (C=O) groups excluding carboxylic acids is 1. The Bertz CT molecular complexity index is 696. The van der Waals surface area contributed by atoms with Gasteiger partial charge in [-0.2, -0.15) is 0 Å². The second-order valence-corrected chi connectivity index (χ2v) is 4.91. The molecule has 1 aromatic heterocycles. The number of pyridine rings is 1. The number of rotatable bonds is 4. The molecule has 21 heavy (non-hydrogen) atoms. The van der Waals surface area contributed by atoms with Gasteiger partial charge in [0, 0.05) is 11.8 Å². The number of benzene rings is 1. The molecule has 2 aromatic rings. The van der Waals surface area contributed by atoms with E-state index in [1.54, 1.807) is 42.5 Å². The van der Waals surface area contributed by atoms with Gasteiger partial charge in [-0.25, -0.2) is 9.78 Å². The van der Waals surface area contributed by atoms with Gasteiger partial charge in [0.2, 0.25) is 0 Å². The Hall–Kier alpha value is -2.47. The van der Waals surface area contributed by atoms with Crippen LogP contribution in [0.5, 0.6) is 0 Å². The largest absolute Gasteiger partial charge is 0.478 e. The highest BCUT2D eigenvalue weighted by molar-refractivity contribution is 9.10. The van der Waals surface area contributed by atoms with Gasteiger partial charge in [-0.15, -0.1) is 0 Å². The van der Waals surface area contributed by atoms with Gasteiger partial charge in [0.15, 0.2) is 0 Å². The molecular weight excluding hydrogens is 336 g/mol. The molecule has 0 bridgehead atoms. The molecule has 0 aliphatic rings. The van der Waals surface area contributed by atoms with Crippen molar-refractivity contribution in [2.75, 3.05) is 5.32 Å². The van der Waals surface area contributed by atoms with E-state index in [0.29, 0.717) is 16.0 Å². The summed E-state index contributed by atoms with van der Waals surface area (Å²) in [6.45, 7) is 0. The van der Waals surface area contributed by atoms with E-state index in [1.807, 2.05) is 0 Å². The first kappa shape index (κ1) is 14.9. The van der Waals surface area contributed by atoms with E-state index >= 15 is 0 Å². The van der Waals surface area contributed by atoms with Crippen LogP contribution in [-0.2, 0) is 4.79 Å². The van der Waals surface area contributed by atoms with Crippen molar-refractivity contribution < 1.29 is 14.7 Å². The summed E-state index contributed by atoms with van der Waals surface area (Å²) >= 11 is 3.21. The minimum Gasteiger partial charge on any atom is -0.478 e. The molecule has 0 saturated carbocycles. The summed E-state index contributed by atoms with van der Waals surface area (Å²) in [4.78, 5) is 26.5. The Labute approximate surface area is 129 Å². The Kier molecular flexibility index (Phi) is 4.84. The molecule has 0 spiro atoms. The van der Waals surface area contributed by atoms with Crippen molar-refractivity contribution in [2.45, 2.75) is 0 Å². The Morgan fingerprint density at radius 3 is 2.48 bits per heavy atom. The van der Waals surface area contributed by atoms with Crippen molar-refractivity contribution in [1.29, 1.82) is 0 Å². The van der Waals surface area contributed by atoms with Crippen LogP contribution in [0.1, 0.15) is 16.1 Å². The van der Waals surface area contributed by atoms with Crippen LogP contribution < -0.4 is 5.32 Å². The van der Waals surface area contributed by atoms with E-state index in [-0.39, 0.29) is 5.91 Å². The molecule has 0 atom stereocenters. The molecule has 1 amide bonds. The third kappa shape index (κ3) is 4.54. The van der Waals surface area contributed by atoms with Gasteiger partial charge in [-0.05, 0) is 51.8 Å². The zero-order chi connectivity index (χ0) is 15.2. The summed E-state index contributed by atoms with van der Waals surface area (Å²) in [6.07, 6.45) is 2.53. The maximum Gasteiger partial charge on any atom is 0.328 e. The number of amides is 1. The van der Waals surface area contributed by atoms with Crippen LogP contribution in [0.15, 0.2) is 53.1 Å². The third-order valence-corrected chi connectivity index (χ3v) is 2.98. The normalized spacial score (nSPS) is 10.5. The van der Waals surface area contributed by atoms with Gasteiger partial charge in [-0.1, -0.05) is 18.2 Å². The number of aliphatic carboxylic acids is 1. The molecule has 0 unspecified atom stereocenters. The number of anilines is 1. The minimum atomic E-state index is -1.01. The smallest absolute Gasteiger partial charge is 0.328 e. The van der Waals surface area contributed by atoms with Crippen molar-refractivity contribution >= 4 is 39.6 Å². The number of hydrogen-bond acceptors (Lipinski definition) is 3. The van der Waals surface area contributed by atoms with E-state index in [2.05, 4.69) is 26.2 Å². The number of hydrogen-bond donors (Lipinski definition) is 2. The molecule has 1 heterocycles. The van der Waals surface area contributed by atoms with Crippen molar-refractivity contribution in [3.63, 3.8) is 0 Å². The molecule has 106 valence electrons. The van der Waals surface area contributed by atoms with Gasteiger partial charge in [0.25, 0.3) is 5.91 Å². The predicted octanol–water partition coefficient (Wildman–Crippen LogP) is 3.19. The fourth-order valence-electron chi connectivity index (χ4n) is 1.57. The van der Waals surface area contributed by atoms with E-state index in [4.69, 9.17) is 5.11 Å². The van der Waals surface area contributed by atoms with Gasteiger partial charge in [0.1, 0.15) is 10.3 Å². The van der Waals surface area contributed by atoms with E-state index in [1.165, 1.54) is 6.08 Å². The minimum absolute atomic E-state index is 0.305. The first-order valence-electron chi connectivity index (χ1n) is 5.99. The van der Waals surface area contributed by atoms with Gasteiger partial charge in [-0.3, -0.25) is 4.79 Å². The highest BCUT2D eigenvalue weighted by atomic mass is 79.9. The Morgan fingerprint density at radius 2 is 1.86 bits per heavy atom. The average molecular weight is 347 g/mol. The zero-order valence-corrected chi connectivity index (χ0v) is 12.4. The predicted molar refractivity (Wildman–Crippen MR) is 83.0 cm³/mol. The third-order valence-electron chi connectivity index (χ3n) is 2.53. The van der Waals surface area contributed by atoms with Gasteiger partial charge in [0.05, 0.1) is 0 Å². The second-order valence-electron chi connectivity index (χ2n) is 4.09. The summed E-state index contributed by atoms with van der Waals surface area (Å²) in [5.41, 5.74) is 1.64. The zero-order valence-electron chi connectivity index (χ0n) is 10.8. The van der Waals surface area contributed by atoms with E-state index in [0.717, 1.165) is 11.6 Å². The molecular formula is C15H11BrN2O3. The number of carboxylic acid groups (broad SMARTS) is 1. The fourth-order valence-corrected chi connectivity index (χ4v) is 1.92. The Balaban J connectivity index is 2.06. The van der Waals surface area contributed by atoms with Crippen LogP contribution in [-0.4, -0.2) is 22.0 Å². The van der Waals surface area contributed by atoms with E-state index in [9.17, 15) is 9.59 Å². The quantitative estimate of drug-likeness (QED) is 0.658. The SMILES string of the molecule is O=C(O)/C=C/c1ccc(NC(=O)c2cccc(Br)n2)cc1. The lowest BCUT2D eigenvalue weighted by atomic mass is 10.2. The van der Waals surface area contributed by atoms with Gasteiger partial charge >= 0.3 is 5.97 Å². The topological polar surface area (TPSA) is 79.3 Å². The summed E-state index contributed by atoms with van der Waals surface area (Å²) in [7, 11) is 0. The van der Waals surface area contributed by atoms with Crippen LogP contribution in [0.25, 0.3) is 6.08 Å². The lowest BCUT2D eigenvalue weighted by molar-refractivity contribution is -0.131. The van der Waals surface area contributed by atoms with Crippen LogP contribution >= 0.6 is 15.9 Å². The standard InChI is InChI=1S/C15H11BrN2O3/c16-13-3-1-2-12(18-13)15(21)17-11-7-4-10(5-8-11)6-9-14(19)20/h1-9H,(H,17,21)(H,19,20)/b9-6+. The molecule has 5 nitrogen and oxygen atoms in total. The molecule has 0 saturated heterocycles. The maximum absolute atomic E-state index is 12.0. The average Bonchev–Trinajstić information content (AvgIpc) is 2.46. The fraction of sp³-hybridized carbons (Fsp3) is 0. The van der Waals surface area contributed by atoms with Crippen LogP contribution in [0, 0.1) is 0 Å². The highest BCUT2D eigenvalue weighted by Crippen LogP contribution is 2.13. The van der Waals surface area contributed by atoms with Crippen molar-refractivity contribution in [1.82, 2.24) is 4.98 Å². The molecule has 0 fully saturated rings. The molecule has 2 N–H and O–H groups in total. The number of nitrogens with zero attached hydrogens (tertiary/aromatic N) is 1. The van der Waals surface area contributed by atoms with Crippen molar-refractivity contribution in [3.05, 3.63) is 64.4 Å². The van der Waals surface area contributed by atoms with Crippen LogP contribution in [0.3, 0.4) is 0 Å². The summed E-state index contributed by atoms with van der Waals surface area (Å²) < 4.78 is 0.587. The lowest BCUT2D eigenvalue weighted by Crippen LogP contribution is -2.13. The first-order chi connectivity index (χ1) is 10.0. The molecule has 0 aliphatic heterocycles. The lowest BCUT2D eigenvalue weighted by Gasteiger charge is -2.05. The molecule has 6 heteroatoms. The van der Waals surface area contributed by atoms with Crippen LogP contribution in [0.2, 0.25) is 0 Å². The van der Waals surface area contributed by atoms with Crippen molar-refractivity contribution in [2.24, 2.45) is 0 Å². The summed E-state index contributed by atoms with van der Waals surface area (Å²) in [5, 5.41) is 11.3. The summed E-state index contributed by atoms with van der Waals surface area (Å²) in [5.74, 6) is -1.32. The number of carboxylic acids is 1. The maximum atomic E-state index is 12.0. The monoisotopic (exact) mass is 346 g/mol. The highest BCUT2D eigenvalue weighted by Gasteiger charge is 2.07. The van der Waals surface area contributed by atoms with E-state index < -0.39 is 5.97 Å². The summed E-state index contributed by atoms with van der Waals surface area (Å²) in [6, 6.07) is 11.9. The molecule has 0 radical (unpaired) electrons. The number of halogens is 1. The first-order valence-corrected chi connectivity index (χ1v) is 6.79. The van der Waals surface area contributed by atoms with Gasteiger partial charge < -0.3 is 10.4 Å². The van der Waals surface area contributed by atoms with Crippen molar-refractivity contribution in [3.8, 4) is 0 Å². The number of carbonyl (C=O) groups is 2. The number of aromatic nitrogens is 1. The molecule has 1 aromatic carbocycles. The second kappa shape index (κ2) is 6.81. The Morgan fingerprint density at radius 1 is 1.14 bits per heavy atom. The van der Waals surface area contributed by atoms with Crippen LogP contribution in [0.4, 0.5) is 5.69 Å². The molecule has 0 aliphatic carbocycles.